The lowest BCUT2D eigenvalue weighted by atomic mass is 10.3. The van der Waals surface area contributed by atoms with Gasteiger partial charge in [-0.1, -0.05) is 0 Å². The highest BCUT2D eigenvalue weighted by Gasteiger charge is 2.22. The van der Waals surface area contributed by atoms with Crippen molar-refractivity contribution in [1.29, 1.82) is 0 Å². The van der Waals surface area contributed by atoms with Crippen molar-refractivity contribution in [3.05, 3.63) is 28.3 Å². The van der Waals surface area contributed by atoms with Crippen LogP contribution in [0.1, 0.15) is 6.92 Å². The van der Waals surface area contributed by atoms with Crippen LogP contribution in [0.4, 0.5) is 11.4 Å². The zero-order chi connectivity index (χ0) is 15.5. The summed E-state index contributed by atoms with van der Waals surface area (Å²) in [5, 5.41) is 10.3. The molecule has 1 aromatic carbocycles. The molecular formula is C10H15N3O5S2. The Bertz CT molecular complexity index is 644. The van der Waals surface area contributed by atoms with Gasteiger partial charge in [0.2, 0.25) is 10.0 Å². The third kappa shape index (κ3) is 3.99. The number of nitrogens with one attached hydrogen (secondary N) is 1. The van der Waals surface area contributed by atoms with Crippen molar-refractivity contribution in [3.63, 3.8) is 0 Å². The first-order valence-corrected chi connectivity index (χ1v) is 8.61. The Balaban J connectivity index is 3.06. The van der Waals surface area contributed by atoms with Crippen LogP contribution in [0.5, 0.6) is 0 Å². The highest BCUT2D eigenvalue weighted by Crippen LogP contribution is 2.23. The van der Waals surface area contributed by atoms with Crippen molar-refractivity contribution in [3.8, 4) is 0 Å². The zero-order valence-corrected chi connectivity index (χ0v) is 12.5. The van der Waals surface area contributed by atoms with E-state index < -0.39 is 25.7 Å². The Morgan fingerprint density at radius 1 is 1.50 bits per heavy atom. The summed E-state index contributed by atoms with van der Waals surface area (Å²) in [6.45, 7) is 1.57. The van der Waals surface area contributed by atoms with Crippen molar-refractivity contribution in [2.75, 3.05) is 18.5 Å². The molecule has 0 spiro atoms. The summed E-state index contributed by atoms with van der Waals surface area (Å²) in [7, 11) is -5.17. The maximum Gasteiger partial charge on any atom is 0.270 e. The molecule has 10 heteroatoms. The molecule has 8 nitrogen and oxygen atoms in total. The number of anilines is 1. The SMILES string of the molecule is CC(CNS(=O)(=O)c1cc([N+](=O)[O-])ccc1N)S(C)=O. The van der Waals surface area contributed by atoms with Crippen molar-refractivity contribution < 1.29 is 17.6 Å². The van der Waals surface area contributed by atoms with Gasteiger partial charge in [-0.15, -0.1) is 0 Å². The largest absolute Gasteiger partial charge is 0.398 e. The van der Waals surface area contributed by atoms with Gasteiger partial charge < -0.3 is 5.73 Å². The molecule has 0 aliphatic rings. The molecule has 2 unspecified atom stereocenters. The number of nitrogen functional groups attached to an aromatic ring is 1. The van der Waals surface area contributed by atoms with Gasteiger partial charge in [-0.05, 0) is 13.0 Å². The van der Waals surface area contributed by atoms with Gasteiger partial charge in [0.05, 0.1) is 10.6 Å². The Hall–Kier alpha value is -1.52. The number of nitro benzene ring substituents is 1. The van der Waals surface area contributed by atoms with E-state index in [0.29, 0.717) is 0 Å². The third-order valence-electron chi connectivity index (χ3n) is 2.62. The number of nitro groups is 1. The van der Waals surface area contributed by atoms with E-state index >= 15 is 0 Å². The first kappa shape index (κ1) is 16.5. The van der Waals surface area contributed by atoms with E-state index in [4.69, 9.17) is 5.73 Å². The molecule has 0 saturated heterocycles. The summed E-state index contributed by atoms with van der Waals surface area (Å²) >= 11 is 0. The smallest absolute Gasteiger partial charge is 0.270 e. The van der Waals surface area contributed by atoms with Crippen molar-refractivity contribution >= 4 is 32.2 Å². The van der Waals surface area contributed by atoms with Crippen LogP contribution in [-0.4, -0.2) is 35.6 Å². The first-order chi connectivity index (χ1) is 9.15. The molecule has 0 amide bonds. The minimum absolute atomic E-state index is 0.0480. The van der Waals surface area contributed by atoms with Crippen LogP contribution in [0.25, 0.3) is 0 Å². The second kappa shape index (κ2) is 6.29. The van der Waals surface area contributed by atoms with Crippen LogP contribution in [0.2, 0.25) is 0 Å². The molecule has 0 bridgehead atoms. The summed E-state index contributed by atoms with van der Waals surface area (Å²) in [6.07, 6.45) is 1.46. The van der Waals surface area contributed by atoms with Crippen molar-refractivity contribution in [2.45, 2.75) is 17.1 Å². The second-order valence-corrected chi connectivity index (χ2v) is 7.68. The number of hydrogen-bond donors (Lipinski definition) is 2. The fourth-order valence-corrected chi connectivity index (χ4v) is 2.99. The Kier molecular flexibility index (Phi) is 5.20. The summed E-state index contributed by atoms with van der Waals surface area (Å²) in [5.41, 5.74) is 5.08. The summed E-state index contributed by atoms with van der Waals surface area (Å²) < 4.78 is 37.5. The van der Waals surface area contributed by atoms with E-state index in [1.807, 2.05) is 0 Å². The van der Waals surface area contributed by atoms with Crippen LogP contribution in [-0.2, 0) is 20.8 Å². The quantitative estimate of drug-likeness (QED) is 0.437. The van der Waals surface area contributed by atoms with Gasteiger partial charge in [0.1, 0.15) is 4.90 Å². The summed E-state index contributed by atoms with van der Waals surface area (Å²) in [6, 6.07) is 3.18. The van der Waals surface area contributed by atoms with Gasteiger partial charge in [-0.25, -0.2) is 13.1 Å². The number of sulfonamides is 1. The topological polar surface area (TPSA) is 132 Å². The molecule has 112 valence electrons. The minimum Gasteiger partial charge on any atom is -0.398 e. The average Bonchev–Trinajstić information content (AvgIpc) is 2.35. The van der Waals surface area contributed by atoms with Gasteiger partial charge in [0.15, 0.2) is 0 Å². The average molecular weight is 321 g/mol. The lowest BCUT2D eigenvalue weighted by Crippen LogP contribution is -2.33. The number of hydrogen-bond acceptors (Lipinski definition) is 6. The second-order valence-electron chi connectivity index (χ2n) is 4.14. The zero-order valence-electron chi connectivity index (χ0n) is 10.9. The maximum atomic E-state index is 12.0. The van der Waals surface area contributed by atoms with Gasteiger partial charge in [0.25, 0.3) is 5.69 Å². The standard InChI is InChI=1S/C10H15N3O5S2/c1-7(19(2)16)6-12-20(17,18)10-5-8(13(14)15)3-4-9(10)11/h3-5,7,12H,6,11H2,1-2H3. The minimum atomic E-state index is -3.99. The van der Waals surface area contributed by atoms with E-state index in [9.17, 15) is 22.7 Å². The molecule has 0 saturated carbocycles. The molecule has 0 fully saturated rings. The lowest BCUT2D eigenvalue weighted by molar-refractivity contribution is -0.385. The maximum absolute atomic E-state index is 12.0. The molecular weight excluding hydrogens is 306 g/mol. The molecule has 0 aromatic heterocycles. The number of benzene rings is 1. The number of non-ortho nitro benzene ring substituents is 1. The predicted molar refractivity (Wildman–Crippen MR) is 76.2 cm³/mol. The third-order valence-corrected chi connectivity index (χ3v) is 5.40. The van der Waals surface area contributed by atoms with Gasteiger partial charge in [-0.2, -0.15) is 0 Å². The van der Waals surface area contributed by atoms with Crippen LogP contribution < -0.4 is 10.5 Å². The summed E-state index contributed by atoms with van der Waals surface area (Å²) in [5.74, 6) is 0. The predicted octanol–water partition coefficient (Wildman–Crippen LogP) is 0.222. The van der Waals surface area contributed by atoms with Crippen molar-refractivity contribution in [1.82, 2.24) is 4.72 Å². The van der Waals surface area contributed by atoms with E-state index in [-0.39, 0.29) is 28.1 Å². The number of nitrogens with two attached hydrogens (primary N) is 1. The molecule has 3 N–H and O–H groups in total. The fourth-order valence-electron chi connectivity index (χ4n) is 1.29. The molecule has 1 aromatic rings. The molecule has 1 rings (SSSR count). The molecule has 0 radical (unpaired) electrons. The van der Waals surface area contributed by atoms with Crippen molar-refractivity contribution in [2.24, 2.45) is 0 Å². The highest BCUT2D eigenvalue weighted by atomic mass is 32.2. The molecule has 0 heterocycles. The van der Waals surface area contributed by atoms with Crippen LogP contribution in [0.3, 0.4) is 0 Å². The number of nitrogens with zero attached hydrogens (tertiary/aromatic N) is 1. The van der Waals surface area contributed by atoms with E-state index in [0.717, 1.165) is 18.2 Å². The van der Waals surface area contributed by atoms with E-state index in [2.05, 4.69) is 4.72 Å². The normalized spacial score (nSPS) is 14.7. The van der Waals surface area contributed by atoms with Crippen LogP contribution >= 0.6 is 0 Å². The van der Waals surface area contributed by atoms with E-state index in [1.54, 1.807) is 6.92 Å². The van der Waals surface area contributed by atoms with Crippen LogP contribution in [0.15, 0.2) is 23.1 Å². The Morgan fingerprint density at radius 3 is 2.60 bits per heavy atom. The monoisotopic (exact) mass is 321 g/mol. The first-order valence-electron chi connectivity index (χ1n) is 5.51. The fraction of sp³-hybridized carbons (Fsp3) is 0.400. The summed E-state index contributed by atoms with van der Waals surface area (Å²) in [4.78, 5) is 9.59. The number of rotatable bonds is 6. The highest BCUT2D eigenvalue weighted by molar-refractivity contribution is 7.89. The van der Waals surface area contributed by atoms with Crippen LogP contribution in [0, 0.1) is 10.1 Å². The van der Waals surface area contributed by atoms with E-state index in [1.165, 1.54) is 6.26 Å². The Morgan fingerprint density at radius 2 is 2.10 bits per heavy atom. The molecule has 0 aliphatic carbocycles. The lowest BCUT2D eigenvalue weighted by Gasteiger charge is -2.12. The van der Waals surface area contributed by atoms with Gasteiger partial charge in [-0.3, -0.25) is 14.3 Å². The molecule has 2 atom stereocenters. The van der Waals surface area contributed by atoms with Gasteiger partial charge in [0, 0.05) is 41.0 Å². The molecule has 0 aliphatic heterocycles. The molecule has 20 heavy (non-hydrogen) atoms. The Labute approximate surface area is 119 Å². The van der Waals surface area contributed by atoms with Gasteiger partial charge >= 0.3 is 0 Å².